The summed E-state index contributed by atoms with van der Waals surface area (Å²) in [6.45, 7) is 0. The van der Waals surface area contributed by atoms with Gasteiger partial charge in [0.2, 0.25) is 7.28 Å². The second-order valence-corrected chi connectivity index (χ2v) is 4.00. The SMILES string of the molecule is COc1ccc(F)c([B]c2c(F)c(F)cc(F)c2F)c1F. The predicted molar refractivity (Wildman–Crippen MR) is 64.2 cm³/mol. The van der Waals surface area contributed by atoms with Gasteiger partial charge in [-0.1, -0.05) is 0 Å². The summed E-state index contributed by atoms with van der Waals surface area (Å²) < 4.78 is 85.1. The molecule has 0 bridgehead atoms. The molecule has 0 amide bonds. The molecule has 0 aliphatic carbocycles. The minimum absolute atomic E-state index is 0.000295. The number of halogens is 6. The fraction of sp³-hybridized carbons (Fsp3) is 0.0769. The molecule has 0 atom stereocenters. The summed E-state index contributed by atoms with van der Waals surface area (Å²) in [5.74, 6) is -9.67. The van der Waals surface area contributed by atoms with Crippen LogP contribution in [-0.2, 0) is 0 Å². The van der Waals surface area contributed by atoms with Crippen LogP contribution in [0.4, 0.5) is 26.3 Å². The van der Waals surface area contributed by atoms with Crippen LogP contribution in [0.15, 0.2) is 18.2 Å². The lowest BCUT2D eigenvalue weighted by Gasteiger charge is -2.10. The van der Waals surface area contributed by atoms with Crippen molar-refractivity contribution in [1.82, 2.24) is 0 Å². The highest BCUT2D eigenvalue weighted by Crippen LogP contribution is 2.16. The monoisotopic (exact) mass is 303 g/mol. The Kier molecular flexibility index (Phi) is 4.15. The first-order valence-electron chi connectivity index (χ1n) is 5.56. The van der Waals surface area contributed by atoms with Crippen molar-refractivity contribution >= 4 is 18.2 Å². The van der Waals surface area contributed by atoms with Gasteiger partial charge in [0, 0.05) is 6.07 Å². The third kappa shape index (κ3) is 2.70. The molecule has 2 rings (SSSR count). The van der Waals surface area contributed by atoms with E-state index in [4.69, 9.17) is 0 Å². The minimum Gasteiger partial charge on any atom is -0.494 e. The molecule has 0 fully saturated rings. The van der Waals surface area contributed by atoms with Crippen LogP contribution in [0.25, 0.3) is 0 Å². The van der Waals surface area contributed by atoms with Gasteiger partial charge in [-0.15, -0.1) is 0 Å². The molecule has 0 saturated carbocycles. The zero-order valence-corrected chi connectivity index (χ0v) is 10.5. The van der Waals surface area contributed by atoms with Gasteiger partial charge in [0.25, 0.3) is 0 Å². The van der Waals surface area contributed by atoms with Gasteiger partial charge in [0.15, 0.2) is 34.8 Å². The average Bonchev–Trinajstić information content (AvgIpc) is 2.44. The third-order valence-electron chi connectivity index (χ3n) is 2.75. The van der Waals surface area contributed by atoms with Crippen molar-refractivity contribution in [2.24, 2.45) is 0 Å². The molecule has 1 radical (unpaired) electrons. The minimum atomic E-state index is -1.75. The highest BCUT2D eigenvalue weighted by Gasteiger charge is 2.24. The van der Waals surface area contributed by atoms with Crippen LogP contribution in [0.2, 0.25) is 0 Å². The molecular weight excluding hydrogens is 297 g/mol. The van der Waals surface area contributed by atoms with Crippen LogP contribution in [-0.4, -0.2) is 14.4 Å². The van der Waals surface area contributed by atoms with Crippen molar-refractivity contribution in [3.63, 3.8) is 0 Å². The maximum absolute atomic E-state index is 13.9. The summed E-state index contributed by atoms with van der Waals surface area (Å²) in [7, 11) is 1.44. The first-order chi connectivity index (χ1) is 9.86. The quantitative estimate of drug-likeness (QED) is 0.480. The Hall–Kier alpha value is -2.12. The maximum Gasteiger partial charge on any atom is 0.207 e. The maximum atomic E-state index is 13.9. The normalized spacial score (nSPS) is 10.6. The lowest BCUT2D eigenvalue weighted by molar-refractivity contribution is 0.386. The Balaban J connectivity index is 2.58. The second kappa shape index (κ2) is 5.71. The first kappa shape index (κ1) is 15.3. The van der Waals surface area contributed by atoms with Gasteiger partial charge in [0.05, 0.1) is 7.11 Å². The van der Waals surface area contributed by atoms with Gasteiger partial charge >= 0.3 is 0 Å². The van der Waals surface area contributed by atoms with Gasteiger partial charge in [-0.25, -0.2) is 26.3 Å². The first-order valence-corrected chi connectivity index (χ1v) is 5.56. The van der Waals surface area contributed by atoms with Gasteiger partial charge in [0.1, 0.15) is 5.82 Å². The highest BCUT2D eigenvalue weighted by atomic mass is 19.2. The van der Waals surface area contributed by atoms with E-state index in [1.165, 1.54) is 0 Å². The van der Waals surface area contributed by atoms with Crippen LogP contribution in [0.5, 0.6) is 5.75 Å². The summed E-state index contributed by atoms with van der Waals surface area (Å²) in [6.07, 6.45) is 0. The molecular formula is C13H6BF6O. The van der Waals surface area contributed by atoms with E-state index in [9.17, 15) is 26.3 Å². The van der Waals surface area contributed by atoms with Crippen molar-refractivity contribution < 1.29 is 31.1 Å². The standard InChI is InChI=1S/C13H6BF6O/c1-21-8-3-2-5(15)9(13(8)20)14-10-11(18)6(16)4-7(17)12(10)19/h2-4H,1H3. The van der Waals surface area contributed by atoms with Crippen LogP contribution in [0.3, 0.4) is 0 Å². The van der Waals surface area contributed by atoms with Crippen LogP contribution in [0.1, 0.15) is 0 Å². The van der Waals surface area contributed by atoms with E-state index in [-0.39, 0.29) is 11.8 Å². The zero-order valence-electron chi connectivity index (χ0n) is 10.5. The van der Waals surface area contributed by atoms with Crippen molar-refractivity contribution in [1.29, 1.82) is 0 Å². The average molecular weight is 303 g/mol. The highest BCUT2D eigenvalue weighted by molar-refractivity contribution is 6.67. The van der Waals surface area contributed by atoms with Crippen molar-refractivity contribution in [3.05, 3.63) is 53.1 Å². The number of rotatable bonds is 3. The molecule has 0 spiro atoms. The van der Waals surface area contributed by atoms with Gasteiger partial charge in [-0.3, -0.25) is 0 Å². The number of hydrogen-bond donors (Lipinski definition) is 0. The fourth-order valence-corrected chi connectivity index (χ4v) is 1.70. The summed E-state index contributed by atoms with van der Waals surface area (Å²) in [4.78, 5) is 0. The summed E-state index contributed by atoms with van der Waals surface area (Å²) in [5, 5.41) is 0. The molecule has 109 valence electrons. The molecule has 0 saturated heterocycles. The van der Waals surface area contributed by atoms with E-state index in [0.29, 0.717) is 7.28 Å². The van der Waals surface area contributed by atoms with Crippen LogP contribution in [0, 0.1) is 34.9 Å². The Morgan fingerprint density at radius 3 is 1.86 bits per heavy atom. The fourth-order valence-electron chi connectivity index (χ4n) is 1.70. The van der Waals surface area contributed by atoms with E-state index in [1.54, 1.807) is 0 Å². The zero-order chi connectivity index (χ0) is 15.7. The van der Waals surface area contributed by atoms with E-state index in [2.05, 4.69) is 4.74 Å². The predicted octanol–water partition coefficient (Wildman–Crippen LogP) is 2.18. The molecule has 8 heteroatoms. The molecule has 21 heavy (non-hydrogen) atoms. The number of hydrogen-bond acceptors (Lipinski definition) is 1. The van der Waals surface area contributed by atoms with Crippen LogP contribution >= 0.6 is 0 Å². The summed E-state index contributed by atoms with van der Waals surface area (Å²) in [6, 6.07) is 1.75. The molecule has 2 aromatic rings. The summed E-state index contributed by atoms with van der Waals surface area (Å²) >= 11 is 0. The smallest absolute Gasteiger partial charge is 0.207 e. The molecule has 0 N–H and O–H groups in total. The summed E-state index contributed by atoms with van der Waals surface area (Å²) in [5.41, 5.74) is -2.10. The van der Waals surface area contributed by atoms with E-state index in [1.807, 2.05) is 0 Å². The van der Waals surface area contributed by atoms with E-state index >= 15 is 0 Å². The van der Waals surface area contributed by atoms with Crippen molar-refractivity contribution in [2.45, 2.75) is 0 Å². The molecule has 2 aromatic carbocycles. The third-order valence-corrected chi connectivity index (χ3v) is 2.75. The Bertz CT molecular complexity index is 678. The second-order valence-electron chi connectivity index (χ2n) is 4.00. The Morgan fingerprint density at radius 1 is 0.762 bits per heavy atom. The van der Waals surface area contributed by atoms with Gasteiger partial charge in [-0.2, -0.15) is 0 Å². The molecule has 0 unspecified atom stereocenters. The number of benzene rings is 2. The topological polar surface area (TPSA) is 9.23 Å². The lowest BCUT2D eigenvalue weighted by atomic mass is 9.63. The lowest BCUT2D eigenvalue weighted by Crippen LogP contribution is -2.37. The number of methoxy groups -OCH3 is 1. The molecule has 0 aromatic heterocycles. The molecule has 1 nitrogen and oxygen atoms in total. The van der Waals surface area contributed by atoms with E-state index in [0.717, 1.165) is 19.2 Å². The van der Waals surface area contributed by atoms with E-state index < -0.39 is 45.8 Å². The number of ether oxygens (including phenoxy) is 1. The van der Waals surface area contributed by atoms with Gasteiger partial charge < -0.3 is 4.74 Å². The van der Waals surface area contributed by atoms with Gasteiger partial charge in [-0.05, 0) is 23.1 Å². The van der Waals surface area contributed by atoms with Crippen molar-refractivity contribution in [2.75, 3.05) is 7.11 Å². The molecule has 0 heterocycles. The van der Waals surface area contributed by atoms with Crippen molar-refractivity contribution in [3.8, 4) is 5.75 Å². The Morgan fingerprint density at radius 2 is 1.33 bits per heavy atom. The largest absolute Gasteiger partial charge is 0.494 e. The molecule has 0 aliphatic heterocycles. The molecule has 0 aliphatic rings. The Labute approximate surface area is 116 Å². The van der Waals surface area contributed by atoms with Crippen LogP contribution < -0.4 is 15.7 Å².